The standard InChI is InChI=1S/C17H28N6O/c1-12(2)23-11-20-16-14(21-13-4-6-18-7-5-13)10-15(22-17(16)23)19-8-9-24-3/h10-13,18H,4-9H2,1-3H3,(H2,19,21,22). The number of hydrogen-bond donors (Lipinski definition) is 3. The summed E-state index contributed by atoms with van der Waals surface area (Å²) in [7, 11) is 1.70. The molecule has 1 saturated heterocycles. The Morgan fingerprint density at radius 1 is 1.38 bits per heavy atom. The summed E-state index contributed by atoms with van der Waals surface area (Å²) in [6.45, 7) is 7.80. The summed E-state index contributed by atoms with van der Waals surface area (Å²) < 4.78 is 7.23. The third-order valence-electron chi connectivity index (χ3n) is 4.40. The molecule has 0 bridgehead atoms. The molecular formula is C17H28N6O. The second-order valence-corrected chi connectivity index (χ2v) is 6.56. The first-order valence-electron chi connectivity index (χ1n) is 8.76. The first-order valence-corrected chi connectivity index (χ1v) is 8.76. The predicted molar refractivity (Wildman–Crippen MR) is 97.8 cm³/mol. The van der Waals surface area contributed by atoms with Crippen LogP contribution in [0.1, 0.15) is 32.7 Å². The van der Waals surface area contributed by atoms with Crippen LogP contribution in [0.4, 0.5) is 11.5 Å². The Morgan fingerprint density at radius 3 is 2.88 bits per heavy atom. The summed E-state index contributed by atoms with van der Waals surface area (Å²) in [5, 5.41) is 10.4. The highest BCUT2D eigenvalue weighted by molar-refractivity contribution is 5.88. The SMILES string of the molecule is COCCNc1cc(NC2CCNCC2)c2ncn(C(C)C)c2n1. The molecule has 2 aromatic rings. The summed E-state index contributed by atoms with van der Waals surface area (Å²) >= 11 is 0. The van der Waals surface area contributed by atoms with Gasteiger partial charge in [-0.05, 0) is 39.8 Å². The quantitative estimate of drug-likeness (QED) is 0.675. The molecule has 1 aliphatic heterocycles. The Morgan fingerprint density at radius 2 is 2.17 bits per heavy atom. The molecule has 3 rings (SSSR count). The van der Waals surface area contributed by atoms with Crippen LogP contribution in [0.3, 0.4) is 0 Å². The molecule has 0 aliphatic carbocycles. The van der Waals surface area contributed by atoms with E-state index in [0.29, 0.717) is 18.7 Å². The number of fused-ring (bicyclic) bond motifs is 1. The van der Waals surface area contributed by atoms with Crippen molar-refractivity contribution in [3.8, 4) is 0 Å². The minimum Gasteiger partial charge on any atom is -0.383 e. The van der Waals surface area contributed by atoms with E-state index in [4.69, 9.17) is 9.72 Å². The molecule has 2 aromatic heterocycles. The Kier molecular flexibility index (Phi) is 5.52. The lowest BCUT2D eigenvalue weighted by Crippen LogP contribution is -2.35. The number of anilines is 2. The molecule has 0 amide bonds. The van der Waals surface area contributed by atoms with Crippen molar-refractivity contribution in [1.82, 2.24) is 19.9 Å². The lowest BCUT2D eigenvalue weighted by atomic mass is 10.1. The zero-order chi connectivity index (χ0) is 16.9. The van der Waals surface area contributed by atoms with E-state index in [-0.39, 0.29) is 0 Å². The minimum absolute atomic E-state index is 0.323. The normalized spacial score (nSPS) is 16.0. The molecule has 3 heterocycles. The summed E-state index contributed by atoms with van der Waals surface area (Å²) in [5.41, 5.74) is 2.93. The van der Waals surface area contributed by atoms with Crippen LogP contribution in [-0.4, -0.2) is 53.9 Å². The molecule has 1 aliphatic rings. The summed E-state index contributed by atoms with van der Waals surface area (Å²) in [4.78, 5) is 9.38. The van der Waals surface area contributed by atoms with Gasteiger partial charge < -0.3 is 25.3 Å². The van der Waals surface area contributed by atoms with Gasteiger partial charge in [-0.1, -0.05) is 0 Å². The maximum absolute atomic E-state index is 5.12. The number of nitrogens with zero attached hydrogens (tertiary/aromatic N) is 3. The number of methoxy groups -OCH3 is 1. The molecule has 3 N–H and O–H groups in total. The van der Waals surface area contributed by atoms with Gasteiger partial charge in [0, 0.05) is 31.8 Å². The van der Waals surface area contributed by atoms with Crippen LogP contribution in [0, 0.1) is 0 Å². The zero-order valence-electron chi connectivity index (χ0n) is 14.8. The van der Waals surface area contributed by atoms with Crippen molar-refractivity contribution in [1.29, 1.82) is 0 Å². The fourth-order valence-corrected chi connectivity index (χ4v) is 3.05. The molecule has 0 saturated carbocycles. The number of rotatable bonds is 7. The maximum atomic E-state index is 5.12. The van der Waals surface area contributed by atoms with E-state index in [2.05, 4.69) is 45.4 Å². The zero-order valence-corrected chi connectivity index (χ0v) is 14.8. The molecule has 7 heteroatoms. The molecule has 0 unspecified atom stereocenters. The van der Waals surface area contributed by atoms with Crippen molar-refractivity contribution in [3.63, 3.8) is 0 Å². The second-order valence-electron chi connectivity index (χ2n) is 6.56. The molecule has 0 spiro atoms. The maximum Gasteiger partial charge on any atom is 0.164 e. The van der Waals surface area contributed by atoms with Gasteiger partial charge in [0.2, 0.25) is 0 Å². The third-order valence-corrected chi connectivity index (χ3v) is 4.40. The number of ether oxygens (including phenoxy) is 1. The molecule has 132 valence electrons. The molecular weight excluding hydrogens is 304 g/mol. The van der Waals surface area contributed by atoms with Crippen LogP contribution in [0.15, 0.2) is 12.4 Å². The highest BCUT2D eigenvalue weighted by Gasteiger charge is 2.17. The van der Waals surface area contributed by atoms with E-state index in [1.54, 1.807) is 7.11 Å². The highest BCUT2D eigenvalue weighted by atomic mass is 16.5. The van der Waals surface area contributed by atoms with Crippen LogP contribution in [-0.2, 0) is 4.74 Å². The molecule has 0 aromatic carbocycles. The van der Waals surface area contributed by atoms with Crippen molar-refractivity contribution in [2.75, 3.05) is 44.0 Å². The number of aromatic nitrogens is 3. The summed E-state index contributed by atoms with van der Waals surface area (Å²) in [6, 6.07) is 2.87. The lowest BCUT2D eigenvalue weighted by Gasteiger charge is -2.25. The Bertz CT molecular complexity index is 662. The average Bonchev–Trinajstić information content (AvgIpc) is 3.00. The van der Waals surface area contributed by atoms with Crippen LogP contribution >= 0.6 is 0 Å². The molecule has 0 radical (unpaired) electrons. The minimum atomic E-state index is 0.323. The van der Waals surface area contributed by atoms with E-state index in [1.165, 1.54) is 0 Å². The van der Waals surface area contributed by atoms with E-state index in [0.717, 1.165) is 55.1 Å². The predicted octanol–water partition coefficient (Wildman–Crippen LogP) is 2.23. The van der Waals surface area contributed by atoms with Crippen LogP contribution in [0.25, 0.3) is 11.2 Å². The largest absolute Gasteiger partial charge is 0.383 e. The monoisotopic (exact) mass is 332 g/mol. The van der Waals surface area contributed by atoms with Gasteiger partial charge in [0.25, 0.3) is 0 Å². The van der Waals surface area contributed by atoms with E-state index < -0.39 is 0 Å². The fraction of sp³-hybridized carbons (Fsp3) is 0.647. The summed E-state index contributed by atoms with van der Waals surface area (Å²) in [6.07, 6.45) is 4.14. The van der Waals surface area contributed by atoms with Gasteiger partial charge in [0.15, 0.2) is 5.65 Å². The van der Waals surface area contributed by atoms with Gasteiger partial charge in [0.1, 0.15) is 11.3 Å². The number of hydrogen-bond acceptors (Lipinski definition) is 6. The average molecular weight is 332 g/mol. The topological polar surface area (TPSA) is 76.0 Å². The summed E-state index contributed by atoms with van der Waals surface area (Å²) in [5.74, 6) is 0.860. The van der Waals surface area contributed by atoms with Gasteiger partial charge in [-0.25, -0.2) is 9.97 Å². The van der Waals surface area contributed by atoms with E-state index in [9.17, 15) is 0 Å². The van der Waals surface area contributed by atoms with Gasteiger partial charge in [-0.15, -0.1) is 0 Å². The van der Waals surface area contributed by atoms with Crippen molar-refractivity contribution < 1.29 is 4.74 Å². The molecule has 7 nitrogen and oxygen atoms in total. The number of nitrogens with one attached hydrogen (secondary N) is 3. The first kappa shape index (κ1) is 17.0. The van der Waals surface area contributed by atoms with Crippen molar-refractivity contribution >= 4 is 22.7 Å². The van der Waals surface area contributed by atoms with Crippen molar-refractivity contribution in [2.45, 2.75) is 38.8 Å². The van der Waals surface area contributed by atoms with Crippen LogP contribution < -0.4 is 16.0 Å². The van der Waals surface area contributed by atoms with E-state index in [1.807, 2.05) is 6.33 Å². The third kappa shape index (κ3) is 3.79. The highest BCUT2D eigenvalue weighted by Crippen LogP contribution is 2.27. The number of pyridine rings is 1. The van der Waals surface area contributed by atoms with Gasteiger partial charge in [-0.3, -0.25) is 0 Å². The van der Waals surface area contributed by atoms with Crippen molar-refractivity contribution in [3.05, 3.63) is 12.4 Å². The van der Waals surface area contributed by atoms with Crippen molar-refractivity contribution in [2.24, 2.45) is 0 Å². The van der Waals surface area contributed by atoms with E-state index >= 15 is 0 Å². The number of piperidine rings is 1. The Hall–Kier alpha value is -1.86. The van der Waals surface area contributed by atoms with Gasteiger partial charge in [-0.2, -0.15) is 0 Å². The van der Waals surface area contributed by atoms with Crippen LogP contribution in [0.2, 0.25) is 0 Å². The van der Waals surface area contributed by atoms with Gasteiger partial charge >= 0.3 is 0 Å². The van der Waals surface area contributed by atoms with Gasteiger partial charge in [0.05, 0.1) is 18.6 Å². The lowest BCUT2D eigenvalue weighted by molar-refractivity contribution is 0.210. The molecule has 24 heavy (non-hydrogen) atoms. The number of imidazole rings is 1. The first-order chi connectivity index (χ1) is 11.7. The second kappa shape index (κ2) is 7.81. The Balaban J connectivity index is 1.91. The Labute approximate surface area is 143 Å². The molecule has 1 fully saturated rings. The molecule has 0 atom stereocenters. The van der Waals surface area contributed by atoms with Crippen LogP contribution in [0.5, 0.6) is 0 Å². The smallest absolute Gasteiger partial charge is 0.164 e. The fourth-order valence-electron chi connectivity index (χ4n) is 3.05.